The number of carbonyl (C=O) groups is 1. The fraction of sp³-hybridized carbons (Fsp3) is 0.938. The highest BCUT2D eigenvalue weighted by Crippen LogP contribution is 2.29. The first-order valence-electron chi connectivity index (χ1n) is 8.22. The molecule has 0 aromatic heterocycles. The number of nitrogens with one attached hydrogen (secondary N) is 1. The van der Waals surface area contributed by atoms with Gasteiger partial charge in [-0.15, -0.1) is 0 Å². The zero-order chi connectivity index (χ0) is 13.5. The maximum atomic E-state index is 12.2. The zero-order valence-electron chi connectivity index (χ0n) is 12.5. The van der Waals surface area contributed by atoms with E-state index >= 15 is 0 Å². The number of amides is 1. The van der Waals surface area contributed by atoms with Gasteiger partial charge in [0.15, 0.2) is 0 Å². The molecule has 3 heteroatoms. The lowest BCUT2D eigenvalue weighted by Gasteiger charge is -2.32. The van der Waals surface area contributed by atoms with Crippen molar-refractivity contribution in [2.45, 2.75) is 57.8 Å². The van der Waals surface area contributed by atoms with Crippen LogP contribution in [0.15, 0.2) is 0 Å². The Balaban J connectivity index is 1.61. The highest BCUT2D eigenvalue weighted by molar-refractivity contribution is 5.76. The summed E-state index contributed by atoms with van der Waals surface area (Å²) in [4.78, 5) is 14.3. The Morgan fingerprint density at radius 2 is 1.68 bits per heavy atom. The topological polar surface area (TPSA) is 32.3 Å². The summed E-state index contributed by atoms with van der Waals surface area (Å²) < 4.78 is 0. The van der Waals surface area contributed by atoms with Crippen molar-refractivity contribution in [2.24, 2.45) is 11.8 Å². The lowest BCUT2D eigenvalue weighted by molar-refractivity contribution is -0.132. The van der Waals surface area contributed by atoms with Crippen LogP contribution in [0.3, 0.4) is 0 Å². The maximum Gasteiger partial charge on any atom is 0.222 e. The Labute approximate surface area is 118 Å². The minimum atomic E-state index is 0.416. The second kappa shape index (κ2) is 7.88. The molecule has 1 saturated carbocycles. The fourth-order valence-corrected chi connectivity index (χ4v) is 3.60. The Morgan fingerprint density at radius 3 is 2.32 bits per heavy atom. The van der Waals surface area contributed by atoms with E-state index in [0.29, 0.717) is 5.91 Å². The van der Waals surface area contributed by atoms with Gasteiger partial charge < -0.3 is 10.2 Å². The molecule has 1 saturated heterocycles. The Bertz CT molecular complexity index is 266. The molecule has 1 heterocycles. The van der Waals surface area contributed by atoms with Crippen LogP contribution in [0.25, 0.3) is 0 Å². The van der Waals surface area contributed by atoms with E-state index in [1.807, 2.05) is 7.05 Å². The van der Waals surface area contributed by atoms with E-state index < -0.39 is 0 Å². The summed E-state index contributed by atoms with van der Waals surface area (Å²) in [7, 11) is 2.02. The van der Waals surface area contributed by atoms with E-state index in [2.05, 4.69) is 10.2 Å². The molecule has 0 aromatic rings. The van der Waals surface area contributed by atoms with Gasteiger partial charge >= 0.3 is 0 Å². The Kier molecular flexibility index (Phi) is 6.15. The van der Waals surface area contributed by atoms with Gasteiger partial charge in [0.25, 0.3) is 0 Å². The molecule has 0 aromatic carbocycles. The van der Waals surface area contributed by atoms with Crippen molar-refractivity contribution >= 4 is 5.91 Å². The van der Waals surface area contributed by atoms with E-state index in [1.165, 1.54) is 44.9 Å². The summed E-state index contributed by atoms with van der Waals surface area (Å²) in [5.41, 5.74) is 0. The molecular formula is C16H30N2O. The molecule has 1 aliphatic carbocycles. The standard InChI is InChI=1S/C16H30N2O/c1-17-11-8-15-9-12-18(13-10-15)16(19)7-6-14-4-2-3-5-14/h14-15,17H,2-13H2,1H3. The summed E-state index contributed by atoms with van der Waals surface area (Å²) in [5, 5.41) is 3.22. The third-order valence-electron chi connectivity index (χ3n) is 5.01. The summed E-state index contributed by atoms with van der Waals surface area (Å²) in [6.07, 6.45) is 11.1. The monoisotopic (exact) mass is 266 g/mol. The van der Waals surface area contributed by atoms with Crippen LogP contribution in [0.2, 0.25) is 0 Å². The predicted molar refractivity (Wildman–Crippen MR) is 79.0 cm³/mol. The van der Waals surface area contributed by atoms with Gasteiger partial charge in [-0.1, -0.05) is 25.7 Å². The van der Waals surface area contributed by atoms with E-state index in [4.69, 9.17) is 0 Å². The van der Waals surface area contributed by atoms with Gasteiger partial charge in [-0.25, -0.2) is 0 Å². The molecule has 0 radical (unpaired) electrons. The molecule has 1 amide bonds. The fourth-order valence-electron chi connectivity index (χ4n) is 3.60. The largest absolute Gasteiger partial charge is 0.343 e. The lowest BCUT2D eigenvalue weighted by Crippen LogP contribution is -2.39. The number of nitrogens with zero attached hydrogens (tertiary/aromatic N) is 1. The summed E-state index contributed by atoms with van der Waals surface area (Å²) in [5.74, 6) is 2.09. The number of hydrogen-bond donors (Lipinski definition) is 1. The van der Waals surface area contributed by atoms with Crippen LogP contribution >= 0.6 is 0 Å². The normalized spacial score (nSPS) is 22.1. The summed E-state index contributed by atoms with van der Waals surface area (Å²) >= 11 is 0. The molecule has 3 nitrogen and oxygen atoms in total. The maximum absolute atomic E-state index is 12.2. The van der Waals surface area contributed by atoms with Gasteiger partial charge in [0, 0.05) is 19.5 Å². The highest BCUT2D eigenvalue weighted by atomic mass is 16.2. The molecule has 0 bridgehead atoms. The lowest BCUT2D eigenvalue weighted by atomic mass is 9.93. The van der Waals surface area contributed by atoms with Gasteiger partial charge in [0.2, 0.25) is 5.91 Å². The number of hydrogen-bond acceptors (Lipinski definition) is 2. The molecule has 2 aliphatic rings. The van der Waals surface area contributed by atoms with Crippen molar-refractivity contribution < 1.29 is 4.79 Å². The number of likely N-dealkylation sites (tertiary alicyclic amines) is 1. The smallest absolute Gasteiger partial charge is 0.222 e. The Hall–Kier alpha value is -0.570. The average molecular weight is 266 g/mol. The molecule has 0 unspecified atom stereocenters. The van der Waals surface area contributed by atoms with Gasteiger partial charge in [0.1, 0.15) is 0 Å². The number of rotatable bonds is 6. The van der Waals surface area contributed by atoms with Crippen molar-refractivity contribution in [1.82, 2.24) is 10.2 Å². The van der Waals surface area contributed by atoms with E-state index in [9.17, 15) is 4.79 Å². The number of carbonyl (C=O) groups excluding carboxylic acids is 1. The molecule has 0 spiro atoms. The quantitative estimate of drug-likeness (QED) is 0.802. The zero-order valence-corrected chi connectivity index (χ0v) is 12.5. The molecule has 2 fully saturated rings. The van der Waals surface area contributed by atoms with Crippen LogP contribution in [-0.2, 0) is 4.79 Å². The molecule has 19 heavy (non-hydrogen) atoms. The first-order chi connectivity index (χ1) is 9.29. The predicted octanol–water partition coefficient (Wildman–Crippen LogP) is 2.80. The third kappa shape index (κ3) is 4.79. The van der Waals surface area contributed by atoms with Crippen LogP contribution in [0.4, 0.5) is 0 Å². The first-order valence-corrected chi connectivity index (χ1v) is 8.22. The summed E-state index contributed by atoms with van der Waals surface area (Å²) in [6, 6.07) is 0. The van der Waals surface area contributed by atoms with Crippen molar-refractivity contribution in [2.75, 3.05) is 26.7 Å². The Morgan fingerprint density at radius 1 is 1.05 bits per heavy atom. The second-order valence-corrected chi connectivity index (χ2v) is 6.41. The molecule has 1 N–H and O–H groups in total. The minimum absolute atomic E-state index is 0.416. The van der Waals surface area contributed by atoms with Crippen LogP contribution in [0.1, 0.15) is 57.8 Å². The van der Waals surface area contributed by atoms with E-state index in [0.717, 1.165) is 44.3 Å². The van der Waals surface area contributed by atoms with Crippen LogP contribution in [-0.4, -0.2) is 37.5 Å². The van der Waals surface area contributed by atoms with Crippen molar-refractivity contribution in [3.8, 4) is 0 Å². The minimum Gasteiger partial charge on any atom is -0.343 e. The number of piperidine rings is 1. The highest BCUT2D eigenvalue weighted by Gasteiger charge is 2.23. The van der Waals surface area contributed by atoms with Gasteiger partial charge in [-0.2, -0.15) is 0 Å². The molecule has 0 atom stereocenters. The average Bonchev–Trinajstić information content (AvgIpc) is 2.96. The molecule has 110 valence electrons. The van der Waals surface area contributed by atoms with Gasteiger partial charge in [-0.3, -0.25) is 4.79 Å². The van der Waals surface area contributed by atoms with Crippen molar-refractivity contribution in [3.63, 3.8) is 0 Å². The van der Waals surface area contributed by atoms with E-state index in [1.54, 1.807) is 0 Å². The van der Waals surface area contributed by atoms with Crippen molar-refractivity contribution in [1.29, 1.82) is 0 Å². The first kappa shape index (κ1) is 14.8. The van der Waals surface area contributed by atoms with Crippen LogP contribution in [0.5, 0.6) is 0 Å². The van der Waals surface area contributed by atoms with Gasteiger partial charge in [-0.05, 0) is 51.1 Å². The van der Waals surface area contributed by atoms with Gasteiger partial charge in [0.05, 0.1) is 0 Å². The third-order valence-corrected chi connectivity index (χ3v) is 5.01. The SMILES string of the molecule is CNCCC1CCN(C(=O)CCC2CCCC2)CC1. The second-order valence-electron chi connectivity index (χ2n) is 6.41. The van der Waals surface area contributed by atoms with Crippen LogP contribution in [0, 0.1) is 11.8 Å². The van der Waals surface area contributed by atoms with Crippen LogP contribution < -0.4 is 5.32 Å². The molecule has 1 aliphatic heterocycles. The molecular weight excluding hydrogens is 236 g/mol. The molecule has 2 rings (SSSR count). The van der Waals surface area contributed by atoms with E-state index in [-0.39, 0.29) is 0 Å². The summed E-state index contributed by atoms with van der Waals surface area (Å²) in [6.45, 7) is 3.11. The van der Waals surface area contributed by atoms with Crippen molar-refractivity contribution in [3.05, 3.63) is 0 Å².